The molecule has 0 spiro atoms. The molecule has 0 bridgehead atoms. The molecule has 0 saturated heterocycles. The summed E-state index contributed by atoms with van der Waals surface area (Å²) < 4.78 is 0.529. The van der Waals surface area contributed by atoms with Crippen LogP contribution in [-0.4, -0.2) is 22.6 Å². The zero-order valence-corrected chi connectivity index (χ0v) is 13.4. The van der Waals surface area contributed by atoms with Crippen LogP contribution in [0.4, 0.5) is 10.5 Å². The second kappa shape index (κ2) is 6.74. The molecule has 1 aromatic rings. The highest BCUT2D eigenvalue weighted by atomic mass is 79.9. The number of benzene rings is 1. The molecule has 0 radical (unpaired) electrons. The summed E-state index contributed by atoms with van der Waals surface area (Å²) in [7, 11) is 0. The number of anilines is 1. The standard InChI is InChI=1S/C14H19BrN2O3/c1-4-8-14(2,3)17-13(20)16-11-9(12(18)19)6-5-7-10(11)15/h5-7H,4,8H2,1-3H3,(H,18,19)(H2,16,17,20). The van der Waals surface area contributed by atoms with E-state index in [-0.39, 0.29) is 16.8 Å². The van der Waals surface area contributed by atoms with Crippen molar-refractivity contribution >= 4 is 33.6 Å². The van der Waals surface area contributed by atoms with Crippen molar-refractivity contribution in [2.75, 3.05) is 5.32 Å². The molecule has 20 heavy (non-hydrogen) atoms. The van der Waals surface area contributed by atoms with Gasteiger partial charge in [-0.15, -0.1) is 0 Å². The number of amides is 2. The predicted octanol–water partition coefficient (Wildman–Crippen LogP) is 3.85. The van der Waals surface area contributed by atoms with Crippen molar-refractivity contribution < 1.29 is 14.7 Å². The number of aromatic carboxylic acids is 1. The average molecular weight is 343 g/mol. The molecule has 5 nitrogen and oxygen atoms in total. The molecule has 0 aliphatic carbocycles. The molecule has 0 atom stereocenters. The minimum absolute atomic E-state index is 0.0443. The maximum Gasteiger partial charge on any atom is 0.337 e. The van der Waals surface area contributed by atoms with E-state index in [0.717, 1.165) is 12.8 Å². The molecule has 2 amide bonds. The van der Waals surface area contributed by atoms with Crippen LogP contribution in [0.2, 0.25) is 0 Å². The molecule has 0 unspecified atom stereocenters. The van der Waals surface area contributed by atoms with Gasteiger partial charge in [-0.2, -0.15) is 0 Å². The van der Waals surface area contributed by atoms with Crippen molar-refractivity contribution in [1.82, 2.24) is 5.32 Å². The summed E-state index contributed by atoms with van der Waals surface area (Å²) in [6.45, 7) is 5.89. The van der Waals surface area contributed by atoms with Gasteiger partial charge in [0.2, 0.25) is 0 Å². The lowest BCUT2D eigenvalue weighted by Crippen LogP contribution is -2.45. The van der Waals surface area contributed by atoms with E-state index in [0.29, 0.717) is 4.47 Å². The van der Waals surface area contributed by atoms with Crippen molar-refractivity contribution in [3.05, 3.63) is 28.2 Å². The first-order valence-corrected chi connectivity index (χ1v) is 7.17. The van der Waals surface area contributed by atoms with Gasteiger partial charge in [-0.3, -0.25) is 0 Å². The third-order valence-electron chi connectivity index (χ3n) is 2.81. The van der Waals surface area contributed by atoms with Crippen LogP contribution in [-0.2, 0) is 0 Å². The minimum atomic E-state index is -1.09. The van der Waals surface area contributed by atoms with Crippen LogP contribution in [0.1, 0.15) is 44.0 Å². The minimum Gasteiger partial charge on any atom is -0.478 e. The van der Waals surface area contributed by atoms with E-state index in [4.69, 9.17) is 5.11 Å². The van der Waals surface area contributed by atoms with Crippen molar-refractivity contribution in [2.24, 2.45) is 0 Å². The molecule has 1 aromatic carbocycles. The summed E-state index contributed by atoms with van der Waals surface area (Å²) in [4.78, 5) is 23.1. The van der Waals surface area contributed by atoms with E-state index in [9.17, 15) is 9.59 Å². The Labute approximate surface area is 126 Å². The highest BCUT2D eigenvalue weighted by molar-refractivity contribution is 9.10. The van der Waals surface area contributed by atoms with Crippen LogP contribution in [0, 0.1) is 0 Å². The number of nitrogens with one attached hydrogen (secondary N) is 2. The Hall–Kier alpha value is -1.56. The van der Waals surface area contributed by atoms with Crippen molar-refractivity contribution in [3.8, 4) is 0 Å². The number of rotatable bonds is 5. The Morgan fingerprint density at radius 3 is 2.55 bits per heavy atom. The molecule has 0 aliphatic heterocycles. The highest BCUT2D eigenvalue weighted by Crippen LogP contribution is 2.26. The molecule has 0 aromatic heterocycles. The second-order valence-electron chi connectivity index (χ2n) is 5.18. The van der Waals surface area contributed by atoms with Crippen molar-refractivity contribution in [2.45, 2.75) is 39.2 Å². The van der Waals surface area contributed by atoms with Gasteiger partial charge in [-0.25, -0.2) is 9.59 Å². The van der Waals surface area contributed by atoms with Crippen LogP contribution in [0.3, 0.4) is 0 Å². The van der Waals surface area contributed by atoms with E-state index >= 15 is 0 Å². The van der Waals surface area contributed by atoms with E-state index in [1.807, 2.05) is 20.8 Å². The number of carbonyl (C=O) groups excluding carboxylic acids is 1. The lowest BCUT2D eigenvalue weighted by molar-refractivity contribution is 0.0698. The molecular formula is C14H19BrN2O3. The molecule has 110 valence electrons. The Morgan fingerprint density at radius 1 is 1.35 bits per heavy atom. The molecule has 0 fully saturated rings. The van der Waals surface area contributed by atoms with E-state index in [2.05, 4.69) is 26.6 Å². The van der Waals surface area contributed by atoms with Gasteiger partial charge in [-0.1, -0.05) is 19.4 Å². The predicted molar refractivity (Wildman–Crippen MR) is 82.2 cm³/mol. The Balaban J connectivity index is 2.89. The number of carboxylic acid groups (broad SMARTS) is 1. The monoisotopic (exact) mass is 342 g/mol. The molecule has 3 N–H and O–H groups in total. The van der Waals surface area contributed by atoms with Crippen molar-refractivity contribution in [3.63, 3.8) is 0 Å². The number of halogens is 1. The van der Waals surface area contributed by atoms with Crippen LogP contribution in [0.25, 0.3) is 0 Å². The third kappa shape index (κ3) is 4.52. The van der Waals surface area contributed by atoms with Crippen LogP contribution in [0.5, 0.6) is 0 Å². The Kier molecular flexibility index (Phi) is 5.56. The maximum absolute atomic E-state index is 12.0. The van der Waals surface area contributed by atoms with Crippen LogP contribution < -0.4 is 10.6 Å². The number of hydrogen-bond donors (Lipinski definition) is 3. The number of carboxylic acids is 1. The zero-order valence-electron chi connectivity index (χ0n) is 11.8. The van der Waals surface area contributed by atoms with Gasteiger partial charge in [-0.05, 0) is 48.3 Å². The Morgan fingerprint density at radius 2 is 2.00 bits per heavy atom. The third-order valence-corrected chi connectivity index (χ3v) is 3.47. The summed E-state index contributed by atoms with van der Waals surface area (Å²) in [6, 6.07) is 4.31. The molecule has 6 heteroatoms. The van der Waals surface area contributed by atoms with Gasteiger partial charge < -0.3 is 15.7 Å². The van der Waals surface area contributed by atoms with Gasteiger partial charge >= 0.3 is 12.0 Å². The highest BCUT2D eigenvalue weighted by Gasteiger charge is 2.21. The van der Waals surface area contributed by atoms with E-state index in [1.165, 1.54) is 6.07 Å². The topological polar surface area (TPSA) is 78.4 Å². The number of hydrogen-bond acceptors (Lipinski definition) is 2. The number of urea groups is 1. The van der Waals surface area contributed by atoms with Crippen LogP contribution >= 0.6 is 15.9 Å². The molecule has 0 heterocycles. The van der Waals surface area contributed by atoms with Gasteiger partial charge in [0.25, 0.3) is 0 Å². The quantitative estimate of drug-likeness (QED) is 0.760. The van der Waals surface area contributed by atoms with Gasteiger partial charge in [0.05, 0.1) is 11.3 Å². The SMILES string of the molecule is CCCC(C)(C)NC(=O)Nc1c(Br)cccc1C(=O)O. The first-order chi connectivity index (χ1) is 9.26. The lowest BCUT2D eigenvalue weighted by Gasteiger charge is -2.26. The van der Waals surface area contributed by atoms with Crippen LogP contribution in [0.15, 0.2) is 22.7 Å². The fourth-order valence-corrected chi connectivity index (χ4v) is 2.43. The lowest BCUT2D eigenvalue weighted by atomic mass is 9.99. The summed E-state index contributed by atoms with van der Waals surface area (Å²) in [5.74, 6) is -1.09. The smallest absolute Gasteiger partial charge is 0.337 e. The Bertz CT molecular complexity index is 515. The molecular weight excluding hydrogens is 324 g/mol. The van der Waals surface area contributed by atoms with Gasteiger partial charge in [0, 0.05) is 10.0 Å². The summed E-state index contributed by atoms with van der Waals surface area (Å²) in [6.07, 6.45) is 1.78. The average Bonchev–Trinajstić information content (AvgIpc) is 2.30. The van der Waals surface area contributed by atoms with E-state index < -0.39 is 12.0 Å². The van der Waals surface area contributed by atoms with Gasteiger partial charge in [0.1, 0.15) is 0 Å². The fraction of sp³-hybridized carbons (Fsp3) is 0.429. The summed E-state index contributed by atoms with van der Waals surface area (Å²) >= 11 is 3.25. The van der Waals surface area contributed by atoms with Crippen molar-refractivity contribution in [1.29, 1.82) is 0 Å². The first-order valence-electron chi connectivity index (χ1n) is 6.38. The number of para-hydroxylation sites is 1. The second-order valence-corrected chi connectivity index (χ2v) is 6.03. The molecule has 1 rings (SSSR count). The fourth-order valence-electron chi connectivity index (χ4n) is 1.97. The zero-order chi connectivity index (χ0) is 15.3. The normalized spacial score (nSPS) is 11.0. The summed E-state index contributed by atoms with van der Waals surface area (Å²) in [5.41, 5.74) is -0.0450. The molecule has 0 saturated carbocycles. The maximum atomic E-state index is 12.0. The first kappa shape index (κ1) is 16.5. The molecule has 0 aliphatic rings. The largest absolute Gasteiger partial charge is 0.478 e. The van der Waals surface area contributed by atoms with Gasteiger partial charge in [0.15, 0.2) is 0 Å². The number of carbonyl (C=O) groups is 2. The summed E-state index contributed by atoms with van der Waals surface area (Å²) in [5, 5.41) is 14.6. The van der Waals surface area contributed by atoms with E-state index in [1.54, 1.807) is 12.1 Å².